The Kier molecular flexibility index (Phi) is 5.94. The van der Waals surface area contributed by atoms with E-state index in [0.717, 1.165) is 5.56 Å². The Hall–Kier alpha value is -2.13. The van der Waals surface area contributed by atoms with Gasteiger partial charge in [-0.1, -0.05) is 29.0 Å². The molecule has 0 radical (unpaired) electrons. The number of hydrogen-bond donors (Lipinski definition) is 2. The molecular weight excluding hydrogens is 300 g/mol. The van der Waals surface area contributed by atoms with E-state index in [4.69, 9.17) is 12.2 Å². The molecule has 0 unspecified atom stereocenters. The number of aryl methyl sites for hydroxylation is 1. The summed E-state index contributed by atoms with van der Waals surface area (Å²) in [6.07, 6.45) is 0. The summed E-state index contributed by atoms with van der Waals surface area (Å²) in [7, 11) is 0. The van der Waals surface area contributed by atoms with Crippen LogP contribution in [0.25, 0.3) is 0 Å². The Morgan fingerprint density at radius 1 is 1.45 bits per heavy atom. The second-order valence-corrected chi connectivity index (χ2v) is 5.36. The van der Waals surface area contributed by atoms with E-state index in [2.05, 4.69) is 15.5 Å². The zero-order chi connectivity index (χ0) is 15.1. The number of H-pyrrole nitrogens is 1. The van der Waals surface area contributed by atoms with Crippen LogP contribution in [-0.4, -0.2) is 21.0 Å². The van der Waals surface area contributed by atoms with E-state index in [-0.39, 0.29) is 11.6 Å². The first-order valence-electron chi connectivity index (χ1n) is 5.42. The molecule has 0 aliphatic rings. The lowest BCUT2D eigenvalue weighted by Gasteiger charge is -1.90. The van der Waals surface area contributed by atoms with Crippen LogP contribution in [0.15, 0.2) is 24.3 Å². The average Bonchev–Trinajstić information content (AvgIpc) is 2.75. The molecule has 0 bridgehead atoms. The fourth-order valence-corrected chi connectivity index (χ4v) is 1.94. The van der Waals surface area contributed by atoms with Crippen LogP contribution < -0.4 is 5.32 Å². The highest BCUT2D eigenvalue weighted by Crippen LogP contribution is 2.10. The highest BCUT2D eigenvalue weighted by molar-refractivity contribution is 7.73. The summed E-state index contributed by atoms with van der Waals surface area (Å²) < 4.78 is 0.559. The van der Waals surface area contributed by atoms with Crippen molar-refractivity contribution in [2.45, 2.75) is 13.8 Å². The Labute approximate surface area is 123 Å². The summed E-state index contributed by atoms with van der Waals surface area (Å²) in [5, 5.41) is 19.4. The molecule has 2 rings (SSSR count). The minimum atomic E-state index is -0.403. The maximum atomic E-state index is 10.4. The van der Waals surface area contributed by atoms with Crippen LogP contribution in [0.3, 0.4) is 0 Å². The first kappa shape index (κ1) is 15.9. The van der Waals surface area contributed by atoms with Gasteiger partial charge in [0.15, 0.2) is 3.95 Å². The number of carbonyl (C=O) groups is 1. The van der Waals surface area contributed by atoms with Gasteiger partial charge in [-0.2, -0.15) is 0 Å². The van der Waals surface area contributed by atoms with E-state index in [1.165, 1.54) is 30.4 Å². The normalized spacial score (nSPS) is 9.30. The highest BCUT2D eigenvalue weighted by atomic mass is 32.1. The van der Waals surface area contributed by atoms with Crippen molar-refractivity contribution in [2.75, 3.05) is 5.32 Å². The largest absolute Gasteiger partial charge is 0.301 e. The van der Waals surface area contributed by atoms with E-state index in [9.17, 15) is 14.9 Å². The molecule has 0 fully saturated rings. The number of amides is 1. The molecule has 106 valence electrons. The standard InChI is InChI=1S/C7H7NO2.C4H5N3OS2/c1-6-2-4-7(5-3-6)8(9)10;1-2(8)5-3-6-7-4(9)10-3/h2-5H,1H3;1H3,(H,7,9)(H,5,6,8). The lowest BCUT2D eigenvalue weighted by atomic mass is 10.2. The van der Waals surface area contributed by atoms with Crippen molar-refractivity contribution in [1.82, 2.24) is 10.2 Å². The molecule has 9 heteroatoms. The van der Waals surface area contributed by atoms with E-state index < -0.39 is 4.92 Å². The average molecular weight is 312 g/mol. The Morgan fingerprint density at radius 3 is 2.45 bits per heavy atom. The number of hydrogen-bond acceptors (Lipinski definition) is 6. The highest BCUT2D eigenvalue weighted by Gasteiger charge is 2.00. The number of nitro groups is 1. The van der Waals surface area contributed by atoms with Gasteiger partial charge in [-0.05, 0) is 19.1 Å². The molecule has 0 saturated carbocycles. The molecule has 0 aliphatic heterocycles. The van der Waals surface area contributed by atoms with Crippen LogP contribution in [0, 0.1) is 21.0 Å². The van der Waals surface area contributed by atoms with Gasteiger partial charge in [0.05, 0.1) is 4.92 Å². The zero-order valence-electron chi connectivity index (χ0n) is 10.7. The third kappa shape index (κ3) is 5.67. The molecule has 1 aromatic carbocycles. The fraction of sp³-hybridized carbons (Fsp3) is 0.182. The summed E-state index contributed by atoms with van der Waals surface area (Å²) in [6, 6.07) is 6.43. The molecule has 7 nitrogen and oxygen atoms in total. The number of benzene rings is 1. The Morgan fingerprint density at radius 2 is 2.05 bits per heavy atom. The topological polar surface area (TPSA) is 101 Å². The molecule has 1 amide bonds. The smallest absolute Gasteiger partial charge is 0.269 e. The summed E-state index contributed by atoms with van der Waals surface area (Å²) in [6.45, 7) is 3.31. The lowest BCUT2D eigenvalue weighted by molar-refractivity contribution is -0.384. The molecule has 0 aliphatic carbocycles. The van der Waals surface area contributed by atoms with E-state index in [1.54, 1.807) is 12.1 Å². The van der Waals surface area contributed by atoms with Gasteiger partial charge in [-0.3, -0.25) is 20.0 Å². The van der Waals surface area contributed by atoms with Crippen molar-refractivity contribution < 1.29 is 9.72 Å². The lowest BCUT2D eigenvalue weighted by Crippen LogP contribution is -2.04. The van der Waals surface area contributed by atoms with Crippen LogP contribution in [-0.2, 0) is 4.79 Å². The summed E-state index contributed by atoms with van der Waals surface area (Å²) in [5.41, 5.74) is 1.18. The van der Waals surface area contributed by atoms with Crippen molar-refractivity contribution >= 4 is 40.3 Å². The number of rotatable bonds is 2. The molecule has 0 atom stereocenters. The van der Waals surface area contributed by atoms with E-state index >= 15 is 0 Å². The number of nitrogens with one attached hydrogen (secondary N) is 2. The van der Waals surface area contributed by atoms with Crippen LogP contribution in [0.1, 0.15) is 12.5 Å². The van der Waals surface area contributed by atoms with Gasteiger partial charge in [0, 0.05) is 19.1 Å². The van der Waals surface area contributed by atoms with Gasteiger partial charge in [-0.25, -0.2) is 0 Å². The molecule has 0 spiro atoms. The quantitative estimate of drug-likeness (QED) is 0.504. The number of aromatic nitrogens is 2. The van der Waals surface area contributed by atoms with Gasteiger partial charge < -0.3 is 5.32 Å². The molecule has 0 saturated heterocycles. The summed E-state index contributed by atoms with van der Waals surface area (Å²) in [5.74, 6) is -0.141. The molecule has 1 heterocycles. The molecular formula is C11H12N4O3S2. The third-order valence-corrected chi connectivity index (χ3v) is 2.97. The number of nitrogens with zero attached hydrogens (tertiary/aromatic N) is 2. The van der Waals surface area contributed by atoms with E-state index in [0.29, 0.717) is 9.09 Å². The maximum Gasteiger partial charge on any atom is 0.269 e. The Bertz CT molecular complexity index is 648. The molecule has 20 heavy (non-hydrogen) atoms. The number of anilines is 1. The van der Waals surface area contributed by atoms with Crippen LogP contribution in [0.5, 0.6) is 0 Å². The van der Waals surface area contributed by atoms with Gasteiger partial charge in [0.2, 0.25) is 11.0 Å². The van der Waals surface area contributed by atoms with Crippen LogP contribution >= 0.6 is 23.6 Å². The summed E-state index contributed by atoms with van der Waals surface area (Å²) >= 11 is 5.97. The second-order valence-electron chi connectivity index (χ2n) is 3.69. The third-order valence-electron chi connectivity index (χ3n) is 1.97. The first-order valence-corrected chi connectivity index (χ1v) is 6.65. The predicted molar refractivity (Wildman–Crippen MR) is 79.4 cm³/mol. The maximum absolute atomic E-state index is 10.4. The fourth-order valence-electron chi connectivity index (χ4n) is 1.10. The van der Waals surface area contributed by atoms with Gasteiger partial charge in [-0.15, -0.1) is 5.10 Å². The number of nitro benzene ring substituents is 1. The SMILES string of the molecule is CC(=O)Nc1n[nH]c(=S)s1.Cc1ccc([N+](=O)[O-])cc1. The van der Waals surface area contributed by atoms with Gasteiger partial charge in [0.1, 0.15) is 0 Å². The summed E-state index contributed by atoms with van der Waals surface area (Å²) in [4.78, 5) is 20.1. The predicted octanol–water partition coefficient (Wildman–Crippen LogP) is 3.06. The minimum Gasteiger partial charge on any atom is -0.301 e. The second kappa shape index (κ2) is 7.46. The number of aromatic amines is 1. The van der Waals surface area contributed by atoms with Crippen LogP contribution in [0.4, 0.5) is 10.8 Å². The van der Waals surface area contributed by atoms with Gasteiger partial charge in [0.25, 0.3) is 5.69 Å². The zero-order valence-corrected chi connectivity index (χ0v) is 12.4. The molecule has 2 aromatic rings. The number of non-ortho nitro benzene ring substituents is 1. The molecule has 1 aromatic heterocycles. The van der Waals surface area contributed by atoms with Crippen molar-refractivity contribution in [1.29, 1.82) is 0 Å². The van der Waals surface area contributed by atoms with Crippen molar-refractivity contribution in [3.8, 4) is 0 Å². The van der Waals surface area contributed by atoms with Crippen molar-refractivity contribution in [3.63, 3.8) is 0 Å². The first-order chi connectivity index (χ1) is 9.38. The monoisotopic (exact) mass is 312 g/mol. The van der Waals surface area contributed by atoms with E-state index in [1.807, 2.05) is 6.92 Å². The number of carbonyl (C=O) groups excluding carboxylic acids is 1. The van der Waals surface area contributed by atoms with Gasteiger partial charge >= 0.3 is 0 Å². The Balaban J connectivity index is 0.000000200. The van der Waals surface area contributed by atoms with Crippen LogP contribution in [0.2, 0.25) is 0 Å². The van der Waals surface area contributed by atoms with Crippen molar-refractivity contribution in [3.05, 3.63) is 43.9 Å². The minimum absolute atomic E-state index is 0.141. The molecule has 2 N–H and O–H groups in total. The van der Waals surface area contributed by atoms with Crippen molar-refractivity contribution in [2.24, 2.45) is 0 Å².